The standard InChI is InChI=1S/C15H19NO2Si/c1-19(2,3)11-18-15(17)16-14-10-6-8-12-7-4-5-9-13(12)14/h4-10H,11H2,1-3H3,(H,16,17). The Bertz CT molecular complexity index is 585. The summed E-state index contributed by atoms with van der Waals surface area (Å²) in [6.45, 7) is 6.49. The van der Waals surface area contributed by atoms with Crippen LogP contribution < -0.4 is 5.32 Å². The first-order valence-corrected chi connectivity index (χ1v) is 10.1. The average molecular weight is 273 g/mol. The van der Waals surface area contributed by atoms with Crippen LogP contribution >= 0.6 is 0 Å². The van der Waals surface area contributed by atoms with E-state index in [2.05, 4.69) is 25.0 Å². The lowest BCUT2D eigenvalue weighted by molar-refractivity contribution is 0.178. The third-order valence-corrected chi connectivity index (χ3v) is 3.67. The highest BCUT2D eigenvalue weighted by molar-refractivity contribution is 6.76. The van der Waals surface area contributed by atoms with Crippen molar-refractivity contribution in [3.05, 3.63) is 42.5 Å². The number of amides is 1. The Hall–Kier alpha value is -1.81. The van der Waals surface area contributed by atoms with E-state index in [4.69, 9.17) is 4.74 Å². The van der Waals surface area contributed by atoms with Gasteiger partial charge in [0.1, 0.15) is 0 Å². The SMILES string of the molecule is C[Si](C)(C)COC(=O)Nc1cccc2ccccc12. The summed E-state index contributed by atoms with van der Waals surface area (Å²) in [7, 11) is -1.37. The van der Waals surface area contributed by atoms with Gasteiger partial charge in [0.2, 0.25) is 0 Å². The summed E-state index contributed by atoms with van der Waals surface area (Å²) >= 11 is 0. The van der Waals surface area contributed by atoms with Crippen LogP contribution in [0.1, 0.15) is 0 Å². The molecule has 2 aromatic carbocycles. The zero-order chi connectivity index (χ0) is 13.9. The van der Waals surface area contributed by atoms with Crippen molar-refractivity contribution in [2.24, 2.45) is 0 Å². The molecule has 1 amide bonds. The summed E-state index contributed by atoms with van der Waals surface area (Å²) in [6, 6.07) is 13.8. The van der Waals surface area contributed by atoms with Crippen molar-refractivity contribution in [3.63, 3.8) is 0 Å². The van der Waals surface area contributed by atoms with Crippen molar-refractivity contribution in [2.75, 3.05) is 11.5 Å². The lowest BCUT2D eigenvalue weighted by atomic mass is 10.1. The van der Waals surface area contributed by atoms with Crippen molar-refractivity contribution in [1.82, 2.24) is 0 Å². The van der Waals surface area contributed by atoms with Gasteiger partial charge in [0, 0.05) is 5.39 Å². The van der Waals surface area contributed by atoms with E-state index in [1.165, 1.54) is 0 Å². The number of hydrogen-bond donors (Lipinski definition) is 1. The van der Waals surface area contributed by atoms with E-state index in [0.717, 1.165) is 16.5 Å². The van der Waals surface area contributed by atoms with Gasteiger partial charge in [-0.15, -0.1) is 0 Å². The number of anilines is 1. The summed E-state index contributed by atoms with van der Waals surface area (Å²) in [5, 5.41) is 4.94. The van der Waals surface area contributed by atoms with Gasteiger partial charge in [-0.05, 0) is 11.5 Å². The fraction of sp³-hybridized carbons (Fsp3) is 0.267. The maximum absolute atomic E-state index is 11.8. The summed E-state index contributed by atoms with van der Waals surface area (Å²) in [6.07, 6.45) is 0.155. The predicted molar refractivity (Wildman–Crippen MR) is 82.3 cm³/mol. The minimum atomic E-state index is -1.37. The quantitative estimate of drug-likeness (QED) is 0.848. The van der Waals surface area contributed by atoms with Crippen LogP contribution in [0, 0.1) is 0 Å². The van der Waals surface area contributed by atoms with Crippen LogP contribution in [0.4, 0.5) is 10.5 Å². The summed E-state index contributed by atoms with van der Waals surface area (Å²) in [5.41, 5.74) is 0.790. The molecular formula is C15H19NO2Si. The molecule has 0 fully saturated rings. The monoisotopic (exact) mass is 273 g/mol. The van der Waals surface area contributed by atoms with Crippen LogP contribution in [0.2, 0.25) is 19.6 Å². The van der Waals surface area contributed by atoms with Gasteiger partial charge in [0.05, 0.1) is 20.0 Å². The van der Waals surface area contributed by atoms with Gasteiger partial charge in [-0.2, -0.15) is 0 Å². The van der Waals surface area contributed by atoms with Gasteiger partial charge in [0.15, 0.2) is 0 Å². The Morgan fingerprint density at radius 2 is 1.79 bits per heavy atom. The van der Waals surface area contributed by atoms with Gasteiger partial charge in [0.25, 0.3) is 0 Å². The van der Waals surface area contributed by atoms with Gasteiger partial charge in [-0.1, -0.05) is 56.0 Å². The molecule has 19 heavy (non-hydrogen) atoms. The summed E-state index contributed by atoms with van der Waals surface area (Å²) < 4.78 is 5.27. The molecule has 0 spiro atoms. The van der Waals surface area contributed by atoms with E-state index in [9.17, 15) is 4.79 Å². The zero-order valence-electron chi connectivity index (χ0n) is 11.6. The summed E-state index contributed by atoms with van der Waals surface area (Å²) in [5.74, 6) is 0. The van der Waals surface area contributed by atoms with Crippen LogP contribution in [-0.2, 0) is 4.74 Å². The zero-order valence-corrected chi connectivity index (χ0v) is 12.6. The summed E-state index contributed by atoms with van der Waals surface area (Å²) in [4.78, 5) is 11.8. The fourth-order valence-corrected chi connectivity index (χ4v) is 2.33. The van der Waals surface area contributed by atoms with Crippen molar-refractivity contribution in [2.45, 2.75) is 19.6 Å². The van der Waals surface area contributed by atoms with Crippen LogP contribution in [-0.4, -0.2) is 20.4 Å². The molecule has 2 aromatic rings. The Balaban J connectivity index is 2.11. The maximum atomic E-state index is 11.8. The van der Waals surface area contributed by atoms with Crippen LogP contribution in [0.3, 0.4) is 0 Å². The van der Waals surface area contributed by atoms with Crippen molar-refractivity contribution in [3.8, 4) is 0 Å². The van der Waals surface area contributed by atoms with Gasteiger partial charge in [-0.3, -0.25) is 5.32 Å². The molecule has 0 aliphatic heterocycles. The van der Waals surface area contributed by atoms with Crippen molar-refractivity contribution in [1.29, 1.82) is 0 Å². The molecule has 3 nitrogen and oxygen atoms in total. The minimum Gasteiger partial charge on any atom is -0.453 e. The molecule has 0 aliphatic rings. The molecule has 0 unspecified atom stereocenters. The molecule has 4 heteroatoms. The van der Waals surface area contributed by atoms with Gasteiger partial charge in [-0.25, -0.2) is 4.79 Å². The van der Waals surface area contributed by atoms with Gasteiger partial charge < -0.3 is 4.74 Å². The number of fused-ring (bicyclic) bond motifs is 1. The Kier molecular flexibility index (Phi) is 3.90. The highest BCUT2D eigenvalue weighted by atomic mass is 28.3. The second-order valence-corrected chi connectivity index (χ2v) is 11.2. The molecule has 0 bridgehead atoms. The smallest absolute Gasteiger partial charge is 0.411 e. The number of rotatable bonds is 3. The number of carbonyl (C=O) groups is 1. The first-order valence-electron chi connectivity index (χ1n) is 6.37. The van der Waals surface area contributed by atoms with E-state index in [1.54, 1.807) is 0 Å². The van der Waals surface area contributed by atoms with E-state index < -0.39 is 8.07 Å². The van der Waals surface area contributed by atoms with E-state index in [1.807, 2.05) is 42.5 Å². The number of benzene rings is 2. The molecule has 100 valence electrons. The molecule has 2 rings (SSSR count). The van der Waals surface area contributed by atoms with Crippen molar-refractivity contribution >= 4 is 30.6 Å². The molecule has 0 atom stereocenters. The van der Waals surface area contributed by atoms with E-state index in [-0.39, 0.29) is 6.09 Å². The Labute approximate surface area is 114 Å². The second-order valence-electron chi connectivity index (χ2n) is 5.79. The molecule has 0 radical (unpaired) electrons. The number of carbonyl (C=O) groups excluding carboxylic acids is 1. The molecule has 0 heterocycles. The topological polar surface area (TPSA) is 38.3 Å². The molecule has 0 saturated heterocycles. The van der Waals surface area contributed by atoms with Crippen LogP contribution in [0.15, 0.2) is 42.5 Å². The largest absolute Gasteiger partial charge is 0.453 e. The Morgan fingerprint density at radius 1 is 1.11 bits per heavy atom. The molecule has 0 aromatic heterocycles. The maximum Gasteiger partial charge on any atom is 0.411 e. The molecule has 0 saturated carbocycles. The van der Waals surface area contributed by atoms with E-state index in [0.29, 0.717) is 6.23 Å². The highest BCUT2D eigenvalue weighted by Crippen LogP contribution is 2.23. The lowest BCUT2D eigenvalue weighted by Gasteiger charge is -2.16. The third-order valence-electron chi connectivity index (χ3n) is 2.66. The lowest BCUT2D eigenvalue weighted by Crippen LogP contribution is -2.31. The number of ether oxygens (including phenoxy) is 1. The highest BCUT2D eigenvalue weighted by Gasteiger charge is 2.16. The first-order chi connectivity index (χ1) is 8.96. The number of hydrogen-bond acceptors (Lipinski definition) is 2. The third kappa shape index (κ3) is 3.82. The van der Waals surface area contributed by atoms with Gasteiger partial charge >= 0.3 is 6.09 Å². The minimum absolute atomic E-state index is 0.376. The number of nitrogens with one attached hydrogen (secondary N) is 1. The van der Waals surface area contributed by atoms with E-state index >= 15 is 0 Å². The molecule has 1 N–H and O–H groups in total. The predicted octanol–water partition coefficient (Wildman–Crippen LogP) is 4.27. The normalized spacial score (nSPS) is 11.3. The first kappa shape index (κ1) is 13.6. The molecular weight excluding hydrogens is 254 g/mol. The fourth-order valence-electron chi connectivity index (χ4n) is 1.76. The average Bonchev–Trinajstić information content (AvgIpc) is 2.36. The second kappa shape index (κ2) is 5.44. The van der Waals surface area contributed by atoms with Crippen molar-refractivity contribution < 1.29 is 9.53 Å². The molecule has 0 aliphatic carbocycles. The van der Waals surface area contributed by atoms with Crippen LogP contribution in [0.5, 0.6) is 0 Å². The Morgan fingerprint density at radius 3 is 2.53 bits per heavy atom. The van der Waals surface area contributed by atoms with Crippen LogP contribution in [0.25, 0.3) is 10.8 Å².